The lowest BCUT2D eigenvalue weighted by atomic mass is 10.3. The van der Waals surface area contributed by atoms with Crippen molar-refractivity contribution in [3.63, 3.8) is 0 Å². The normalized spacial score (nSPS) is 10.1. The average Bonchev–Trinajstić information content (AvgIpc) is 2.62. The van der Waals surface area contributed by atoms with Gasteiger partial charge in [-0.1, -0.05) is 18.2 Å². The van der Waals surface area contributed by atoms with Gasteiger partial charge in [-0.25, -0.2) is 4.68 Å². The van der Waals surface area contributed by atoms with E-state index in [0.29, 0.717) is 5.69 Å². The summed E-state index contributed by atoms with van der Waals surface area (Å²) in [6.45, 7) is 0. The smallest absolute Gasteiger partial charge is 0.271 e. The summed E-state index contributed by atoms with van der Waals surface area (Å²) in [5, 5.41) is 9.95. The first-order chi connectivity index (χ1) is 7.18. The molecule has 1 heterocycles. The van der Waals surface area contributed by atoms with Crippen LogP contribution in [0.2, 0.25) is 0 Å². The second-order valence-corrected chi connectivity index (χ2v) is 3.09. The van der Waals surface area contributed by atoms with E-state index in [-0.39, 0.29) is 11.4 Å². The van der Waals surface area contributed by atoms with Crippen LogP contribution in [0.5, 0.6) is 0 Å². The monoisotopic (exact) mass is 202 g/mol. The Morgan fingerprint density at radius 3 is 2.53 bits per heavy atom. The number of nitrogens with one attached hydrogen (secondary N) is 2. The van der Waals surface area contributed by atoms with Crippen LogP contribution in [0.15, 0.2) is 41.2 Å². The summed E-state index contributed by atoms with van der Waals surface area (Å²) in [6.07, 6.45) is 0. The molecule has 76 valence electrons. The zero-order chi connectivity index (χ0) is 10.8. The number of amidine groups is 1. The molecule has 0 unspecified atom stereocenters. The van der Waals surface area contributed by atoms with Gasteiger partial charge in [0, 0.05) is 6.07 Å². The average molecular weight is 202 g/mol. The third kappa shape index (κ3) is 1.67. The molecule has 1 aromatic heterocycles. The van der Waals surface area contributed by atoms with Gasteiger partial charge in [-0.2, -0.15) is 0 Å². The Morgan fingerprint density at radius 2 is 2.00 bits per heavy atom. The third-order valence-corrected chi connectivity index (χ3v) is 2.03. The molecule has 0 atom stereocenters. The number of nitrogens with two attached hydrogens (primary N) is 1. The molecule has 15 heavy (non-hydrogen) atoms. The van der Waals surface area contributed by atoms with Crippen LogP contribution >= 0.6 is 0 Å². The van der Waals surface area contributed by atoms with Gasteiger partial charge < -0.3 is 5.73 Å². The second-order valence-electron chi connectivity index (χ2n) is 3.09. The minimum absolute atomic E-state index is 0.151. The van der Waals surface area contributed by atoms with E-state index in [0.717, 1.165) is 5.69 Å². The van der Waals surface area contributed by atoms with Crippen molar-refractivity contribution in [3.8, 4) is 5.69 Å². The summed E-state index contributed by atoms with van der Waals surface area (Å²) in [5.41, 5.74) is 6.08. The summed E-state index contributed by atoms with van der Waals surface area (Å²) in [4.78, 5) is 11.5. The van der Waals surface area contributed by atoms with Crippen LogP contribution in [-0.4, -0.2) is 15.6 Å². The Balaban J connectivity index is 2.55. The number of aromatic nitrogens is 2. The molecule has 0 aliphatic heterocycles. The summed E-state index contributed by atoms with van der Waals surface area (Å²) >= 11 is 0. The van der Waals surface area contributed by atoms with E-state index in [4.69, 9.17) is 11.1 Å². The number of nitrogens with zero attached hydrogens (tertiary/aromatic N) is 1. The first-order valence-corrected chi connectivity index (χ1v) is 4.40. The van der Waals surface area contributed by atoms with Gasteiger partial charge >= 0.3 is 0 Å². The predicted octanol–water partition coefficient (Wildman–Crippen LogP) is 0.450. The highest BCUT2D eigenvalue weighted by Crippen LogP contribution is 2.02. The standard InChI is InChI=1S/C10H10N4O/c11-10(12)8-6-9(15)14(13-8)7-4-2-1-3-5-7/h1-6,13H,(H3,11,12). The molecule has 0 amide bonds. The number of hydrogen-bond donors (Lipinski definition) is 3. The Morgan fingerprint density at radius 1 is 1.33 bits per heavy atom. The van der Waals surface area contributed by atoms with Crippen molar-refractivity contribution in [2.45, 2.75) is 0 Å². The molecule has 0 saturated carbocycles. The zero-order valence-corrected chi connectivity index (χ0v) is 7.90. The predicted molar refractivity (Wildman–Crippen MR) is 57.4 cm³/mol. The van der Waals surface area contributed by atoms with Crippen molar-refractivity contribution in [3.05, 3.63) is 52.4 Å². The Hall–Kier alpha value is -2.30. The van der Waals surface area contributed by atoms with Crippen molar-refractivity contribution < 1.29 is 0 Å². The molecule has 2 aromatic rings. The third-order valence-electron chi connectivity index (χ3n) is 2.03. The molecule has 1 aromatic carbocycles. The van der Waals surface area contributed by atoms with E-state index < -0.39 is 0 Å². The van der Waals surface area contributed by atoms with E-state index in [9.17, 15) is 4.79 Å². The molecule has 5 nitrogen and oxygen atoms in total. The lowest BCUT2D eigenvalue weighted by Crippen LogP contribution is -2.14. The highest BCUT2D eigenvalue weighted by Gasteiger charge is 2.05. The molecule has 0 aliphatic rings. The molecular weight excluding hydrogens is 192 g/mol. The van der Waals surface area contributed by atoms with Gasteiger partial charge in [0.05, 0.1) is 5.69 Å². The van der Waals surface area contributed by atoms with Gasteiger partial charge in [0.15, 0.2) is 0 Å². The lowest BCUT2D eigenvalue weighted by Gasteiger charge is -2.00. The highest BCUT2D eigenvalue weighted by atomic mass is 16.1. The topological polar surface area (TPSA) is 87.7 Å². The summed E-state index contributed by atoms with van der Waals surface area (Å²) in [7, 11) is 0. The maximum Gasteiger partial charge on any atom is 0.271 e. The maximum absolute atomic E-state index is 11.5. The Labute approximate surface area is 85.6 Å². The number of hydrogen-bond acceptors (Lipinski definition) is 2. The maximum atomic E-state index is 11.5. The van der Waals surface area contributed by atoms with E-state index >= 15 is 0 Å². The van der Waals surface area contributed by atoms with Crippen molar-refractivity contribution in [1.29, 1.82) is 5.41 Å². The van der Waals surface area contributed by atoms with Gasteiger partial charge in [0.1, 0.15) is 11.5 Å². The molecular formula is C10H10N4O. The van der Waals surface area contributed by atoms with Gasteiger partial charge in [-0.15, -0.1) is 0 Å². The molecule has 5 heteroatoms. The second kappa shape index (κ2) is 3.45. The molecule has 4 N–H and O–H groups in total. The minimum Gasteiger partial charge on any atom is -0.382 e. The number of H-pyrrole nitrogens is 1. The first-order valence-electron chi connectivity index (χ1n) is 4.40. The van der Waals surface area contributed by atoms with Crippen molar-refractivity contribution in [1.82, 2.24) is 9.78 Å². The number of benzene rings is 1. The van der Waals surface area contributed by atoms with Crippen LogP contribution in [0.25, 0.3) is 5.69 Å². The summed E-state index contributed by atoms with van der Waals surface area (Å²) in [5.74, 6) is -0.151. The zero-order valence-electron chi connectivity index (χ0n) is 7.90. The van der Waals surface area contributed by atoms with Crippen LogP contribution < -0.4 is 11.3 Å². The van der Waals surface area contributed by atoms with Crippen LogP contribution in [0, 0.1) is 5.41 Å². The van der Waals surface area contributed by atoms with Crippen LogP contribution in [0.3, 0.4) is 0 Å². The largest absolute Gasteiger partial charge is 0.382 e. The lowest BCUT2D eigenvalue weighted by molar-refractivity contribution is 0.844. The minimum atomic E-state index is -0.230. The number of aromatic amines is 1. The molecule has 0 fully saturated rings. The molecule has 2 rings (SSSR count). The van der Waals surface area contributed by atoms with Crippen LogP contribution in [0.4, 0.5) is 0 Å². The first kappa shape index (κ1) is 9.26. The summed E-state index contributed by atoms with van der Waals surface area (Å²) in [6, 6.07) is 10.4. The van der Waals surface area contributed by atoms with Crippen molar-refractivity contribution in [2.75, 3.05) is 0 Å². The number of para-hydroxylation sites is 1. The molecule has 0 radical (unpaired) electrons. The van der Waals surface area contributed by atoms with E-state index in [1.165, 1.54) is 10.7 Å². The SMILES string of the molecule is N=C(N)c1cc(=O)n(-c2ccccc2)[nH]1. The summed E-state index contributed by atoms with van der Waals surface area (Å²) < 4.78 is 1.34. The van der Waals surface area contributed by atoms with Gasteiger partial charge in [0.25, 0.3) is 5.56 Å². The molecule has 0 spiro atoms. The number of rotatable bonds is 2. The fraction of sp³-hybridized carbons (Fsp3) is 0. The van der Waals surface area contributed by atoms with Crippen LogP contribution in [-0.2, 0) is 0 Å². The van der Waals surface area contributed by atoms with Gasteiger partial charge in [-0.3, -0.25) is 15.3 Å². The van der Waals surface area contributed by atoms with E-state index in [1.807, 2.05) is 18.2 Å². The van der Waals surface area contributed by atoms with Gasteiger partial charge in [-0.05, 0) is 12.1 Å². The fourth-order valence-corrected chi connectivity index (χ4v) is 1.30. The fourth-order valence-electron chi connectivity index (χ4n) is 1.30. The quantitative estimate of drug-likeness (QED) is 0.487. The van der Waals surface area contributed by atoms with Gasteiger partial charge in [0.2, 0.25) is 0 Å². The number of nitrogen functional groups attached to an aromatic ring is 1. The molecule has 0 aliphatic carbocycles. The highest BCUT2D eigenvalue weighted by molar-refractivity contribution is 5.92. The molecule has 0 saturated heterocycles. The Kier molecular flexibility index (Phi) is 2.13. The van der Waals surface area contributed by atoms with Crippen LogP contribution in [0.1, 0.15) is 5.69 Å². The van der Waals surface area contributed by atoms with Crippen molar-refractivity contribution >= 4 is 5.84 Å². The van der Waals surface area contributed by atoms with E-state index in [1.54, 1.807) is 12.1 Å². The molecule has 0 bridgehead atoms. The Bertz CT molecular complexity index is 538. The van der Waals surface area contributed by atoms with Crippen molar-refractivity contribution in [2.24, 2.45) is 5.73 Å². The van der Waals surface area contributed by atoms with E-state index in [2.05, 4.69) is 5.10 Å².